The molecule has 6 aliphatic heterocycles. The van der Waals surface area contributed by atoms with Crippen molar-refractivity contribution >= 4 is 86.8 Å². The third-order valence-electron chi connectivity index (χ3n) is 26.3. The highest BCUT2D eigenvalue weighted by molar-refractivity contribution is 6.11. The summed E-state index contributed by atoms with van der Waals surface area (Å²) in [5, 5.41) is 7.30. The van der Waals surface area contributed by atoms with Gasteiger partial charge >= 0.3 is 0 Å². The van der Waals surface area contributed by atoms with E-state index >= 15 is 0 Å². The van der Waals surface area contributed by atoms with E-state index in [-0.39, 0.29) is 41.7 Å². The highest BCUT2D eigenvalue weighted by Crippen LogP contribution is 2.40. The number of benzene rings is 12. The summed E-state index contributed by atoms with van der Waals surface area (Å²) in [5.41, 5.74) is 25.6. The minimum atomic E-state index is -0.142. The zero-order valence-corrected chi connectivity index (χ0v) is 76.5. The molecule has 14 aromatic rings. The quantitative estimate of drug-likeness (QED) is 0.0632. The van der Waals surface area contributed by atoms with E-state index in [0.717, 1.165) is 202 Å². The molecule has 1 N–H and O–H groups in total. The number of carbonyl (C=O) groups is 8. The van der Waals surface area contributed by atoms with Crippen molar-refractivity contribution in [3.8, 4) is 16.9 Å². The van der Waals surface area contributed by atoms with Crippen LogP contribution in [0.4, 0.5) is 39.9 Å². The van der Waals surface area contributed by atoms with Crippen LogP contribution < -0.4 is 34.7 Å². The van der Waals surface area contributed by atoms with Crippen LogP contribution in [-0.2, 0) is 77.0 Å². The van der Waals surface area contributed by atoms with Gasteiger partial charge in [-0.15, -0.1) is 0 Å². The molecule has 12 aromatic carbocycles. The number of anilines is 7. The predicted molar refractivity (Wildman–Crippen MR) is 533 cm³/mol. The first-order chi connectivity index (χ1) is 65.3. The van der Waals surface area contributed by atoms with Crippen LogP contribution >= 0.6 is 0 Å². The summed E-state index contributed by atoms with van der Waals surface area (Å²) >= 11 is 0. The lowest BCUT2D eigenvalue weighted by Gasteiger charge is -2.34. The Labute approximate surface area is 784 Å². The number of carbonyl (C=O) groups excluding carboxylic acids is 8. The van der Waals surface area contributed by atoms with Crippen molar-refractivity contribution < 1.29 is 38.4 Å². The van der Waals surface area contributed by atoms with Crippen LogP contribution in [0.15, 0.2) is 316 Å². The lowest BCUT2D eigenvalue weighted by molar-refractivity contribution is -0.120. The lowest BCUT2D eigenvalue weighted by atomic mass is 9.90. The molecule has 6 aliphatic rings. The number of piperidine rings is 1. The summed E-state index contributed by atoms with van der Waals surface area (Å²) in [5.74, 6) is 2.13. The van der Waals surface area contributed by atoms with Crippen molar-refractivity contribution in [2.24, 2.45) is 11.8 Å². The van der Waals surface area contributed by atoms with Gasteiger partial charge in [0.15, 0.2) is 5.82 Å². The fraction of sp³-hybridized carbons (Fsp3) is 0.243. The second kappa shape index (κ2) is 42.4. The van der Waals surface area contributed by atoms with Crippen LogP contribution in [0.1, 0.15) is 146 Å². The normalized spacial score (nSPS) is 14.9. The lowest BCUT2D eigenvalue weighted by Crippen LogP contribution is -2.36. The number of aromatic nitrogens is 4. The summed E-state index contributed by atoms with van der Waals surface area (Å²) in [6.45, 7) is 14.5. The largest absolute Gasteiger partial charge is 0.371 e. The number of ketones is 3. The maximum Gasteiger partial charge on any atom is 0.258 e. The molecular formula is C115H111N11O8. The zero-order chi connectivity index (χ0) is 92.6. The minimum absolute atomic E-state index is 0.0208. The first-order valence-electron chi connectivity index (χ1n) is 46.7. The van der Waals surface area contributed by atoms with Crippen LogP contribution in [0.5, 0.6) is 0 Å². The maximum absolute atomic E-state index is 13.2. The predicted octanol–water partition coefficient (Wildman–Crippen LogP) is 20.4. The Bertz CT molecular complexity index is 6640. The second-order valence-electron chi connectivity index (χ2n) is 35.9. The fourth-order valence-corrected chi connectivity index (χ4v) is 19.3. The number of amides is 5. The Hall–Kier alpha value is -15.1. The first-order valence-corrected chi connectivity index (χ1v) is 46.7. The van der Waals surface area contributed by atoms with Crippen molar-refractivity contribution in [2.75, 3.05) is 87.1 Å². The molecule has 674 valence electrons. The van der Waals surface area contributed by atoms with E-state index in [0.29, 0.717) is 86.5 Å². The molecule has 20 rings (SSSR count). The molecule has 2 saturated heterocycles. The number of Topliss-reactive ketones (excluding diaryl/α,β-unsaturated/α-hetero) is 3. The summed E-state index contributed by atoms with van der Waals surface area (Å²) in [4.78, 5) is 124. The van der Waals surface area contributed by atoms with Crippen molar-refractivity contribution in [1.29, 1.82) is 0 Å². The van der Waals surface area contributed by atoms with E-state index in [1.54, 1.807) is 23.3 Å². The van der Waals surface area contributed by atoms with Crippen molar-refractivity contribution in [2.45, 2.75) is 118 Å². The third kappa shape index (κ3) is 22.0. The third-order valence-corrected chi connectivity index (χ3v) is 26.3. The van der Waals surface area contributed by atoms with E-state index in [1.807, 2.05) is 296 Å². The van der Waals surface area contributed by atoms with Gasteiger partial charge in [-0.05, 0) is 248 Å². The summed E-state index contributed by atoms with van der Waals surface area (Å²) in [6.07, 6.45) is 16.9. The Balaban J connectivity index is 0.000000124. The van der Waals surface area contributed by atoms with Gasteiger partial charge in [-0.2, -0.15) is 5.10 Å². The average Bonchev–Trinajstić information content (AvgIpc) is 1.65. The summed E-state index contributed by atoms with van der Waals surface area (Å²) in [7, 11) is 0. The van der Waals surface area contributed by atoms with E-state index in [9.17, 15) is 38.4 Å². The second-order valence-corrected chi connectivity index (χ2v) is 35.9. The van der Waals surface area contributed by atoms with Crippen LogP contribution in [0.2, 0.25) is 0 Å². The molecule has 2 fully saturated rings. The van der Waals surface area contributed by atoms with Crippen LogP contribution in [-0.4, -0.2) is 119 Å². The van der Waals surface area contributed by atoms with Gasteiger partial charge in [0.2, 0.25) is 5.91 Å². The topological polar surface area (TPSA) is 212 Å². The Morgan fingerprint density at radius 2 is 0.694 bits per heavy atom. The number of nitrogens with zero attached hydrogens (tertiary/aromatic N) is 10. The molecule has 2 aromatic heterocycles. The minimum Gasteiger partial charge on any atom is -0.371 e. The Kier molecular flexibility index (Phi) is 28.7. The van der Waals surface area contributed by atoms with E-state index in [2.05, 4.69) is 78.7 Å². The van der Waals surface area contributed by atoms with Gasteiger partial charge < -0.3 is 34.7 Å². The van der Waals surface area contributed by atoms with E-state index in [4.69, 9.17) is 0 Å². The van der Waals surface area contributed by atoms with Crippen LogP contribution in [0, 0.1) is 39.5 Å². The van der Waals surface area contributed by atoms with Crippen molar-refractivity contribution in [3.63, 3.8) is 0 Å². The molecule has 0 aliphatic carbocycles. The molecule has 0 saturated carbocycles. The molecule has 0 spiro atoms. The molecular weight excluding hydrogens is 1660 g/mol. The molecule has 0 radical (unpaired) electrons. The number of rotatable bonds is 23. The highest BCUT2D eigenvalue weighted by atomic mass is 16.2. The molecule has 2 atom stereocenters. The highest BCUT2D eigenvalue weighted by Gasteiger charge is 2.34. The van der Waals surface area contributed by atoms with Gasteiger partial charge in [0, 0.05) is 159 Å². The number of fused-ring (bicyclic) bond motifs is 4. The number of aryl methyl sites for hydroxylation is 4. The summed E-state index contributed by atoms with van der Waals surface area (Å²) in [6, 6.07) is 95.4. The van der Waals surface area contributed by atoms with Gasteiger partial charge in [-0.3, -0.25) is 43.3 Å². The molecule has 0 bridgehead atoms. The van der Waals surface area contributed by atoms with Gasteiger partial charge in [-0.1, -0.05) is 200 Å². The van der Waals surface area contributed by atoms with Gasteiger partial charge in [0.05, 0.1) is 36.4 Å². The van der Waals surface area contributed by atoms with E-state index < -0.39 is 0 Å². The molecule has 19 heteroatoms. The molecule has 134 heavy (non-hydrogen) atoms. The van der Waals surface area contributed by atoms with Crippen LogP contribution in [0.25, 0.3) is 16.9 Å². The first kappa shape index (κ1) is 90.8. The number of hydrogen-bond acceptors (Lipinski definition) is 13. The molecule has 8 heterocycles. The SMILES string of the molecule is Cc1ccccc1C(=O)N1CCc2cc(-c3cncc(NC(=O)Cc4ccccc4)n3)ccc21.Cc1ccccc1C(=O)N1CCc2cc(-n3cc(CC(=O)Cc4ccccc4)cn3)ccc21.Cc1ccccc1C(=O)N1CCc2cc(N3CCC(CC(=O)Cc4ccccc4)C3)ccc21.Cc1ccccc1C(=O)N1CCc2cc(N3CCCC(CC(=O)Cc4ccccc4)C3)ccc21. The van der Waals surface area contributed by atoms with Gasteiger partial charge in [0.1, 0.15) is 17.3 Å². The Morgan fingerprint density at radius 1 is 0.336 bits per heavy atom. The molecule has 5 amide bonds. The number of hydrogen-bond donors (Lipinski definition) is 1. The summed E-state index contributed by atoms with van der Waals surface area (Å²) < 4.78 is 1.80. The fourth-order valence-electron chi connectivity index (χ4n) is 19.3. The monoisotopic (exact) mass is 1770 g/mol. The molecule has 19 nitrogen and oxygen atoms in total. The smallest absolute Gasteiger partial charge is 0.258 e. The molecule has 2 unspecified atom stereocenters. The maximum atomic E-state index is 13.2. The standard InChI is InChI=1S/C30H32N2O2.C29H30N2O2.C28H24N4O2.C28H25N3O2/c1-22-8-5-6-12-28(22)30(34)32-17-15-25-20-26(13-14-29(25)32)31-16-7-11-24(21-31)19-27(33)18-23-9-3-2-4-10-23;1-21-7-5-6-10-27(21)29(33)31-16-14-24-19-25(11-12-28(24)31)30-15-13-23(20-30)18-26(32)17-22-8-3-2-4-9-22;1-19-7-5-6-10-23(19)28(34)32-14-13-22-16-21(11-12-25(22)32)24-17-29-18-26(30-24)31-27(33)15-20-8-3-2-4-9-20;1-20-7-5-6-10-26(20)28(33)30-14-13-23-17-24(11-12-27(23)30)31-19-22(18-29-31)16-25(32)15-21-8-3-2-4-9-21/h2-6,8-10,12-14,20,24H,7,11,15-19,21H2,1H3;2-12,19,23H,13-18,20H2,1H3;2-12,16-18H,13-15H2,1H3,(H,30,31,33);2-12,17-19H,13-16H2,1H3. The Morgan fingerprint density at radius 3 is 1.13 bits per heavy atom. The van der Waals surface area contributed by atoms with Crippen molar-refractivity contribution in [3.05, 3.63) is 411 Å². The van der Waals surface area contributed by atoms with Crippen LogP contribution in [0.3, 0.4) is 0 Å². The van der Waals surface area contributed by atoms with E-state index in [1.165, 1.54) is 22.5 Å². The van der Waals surface area contributed by atoms with Crippen molar-refractivity contribution in [1.82, 2.24) is 19.7 Å². The van der Waals surface area contributed by atoms with Gasteiger partial charge in [-0.25, -0.2) is 9.67 Å². The average molecular weight is 1780 g/mol. The van der Waals surface area contributed by atoms with Gasteiger partial charge in [0.25, 0.3) is 23.6 Å². The zero-order valence-electron chi connectivity index (χ0n) is 76.5. The number of nitrogens with one attached hydrogen (secondary N) is 1.